The number of ether oxygens (including phenoxy) is 1. The van der Waals surface area contributed by atoms with Gasteiger partial charge in [0, 0.05) is 4.88 Å². The molecule has 28 heavy (non-hydrogen) atoms. The Kier molecular flexibility index (Phi) is 4.50. The van der Waals surface area contributed by atoms with Gasteiger partial charge in [-0.3, -0.25) is 9.59 Å². The summed E-state index contributed by atoms with van der Waals surface area (Å²) in [5, 5.41) is 2.50. The largest absolute Gasteiger partial charge is 0.450 e. The van der Waals surface area contributed by atoms with Gasteiger partial charge in [-0.25, -0.2) is 0 Å². The summed E-state index contributed by atoms with van der Waals surface area (Å²) < 4.78 is 11.4. The van der Waals surface area contributed by atoms with Crippen molar-refractivity contribution >= 4 is 28.2 Å². The third kappa shape index (κ3) is 2.87. The number of hydrogen-bond donors (Lipinski definition) is 1. The Balaban J connectivity index is 1.57. The predicted molar refractivity (Wildman–Crippen MR) is 106 cm³/mol. The van der Waals surface area contributed by atoms with Crippen LogP contribution in [-0.2, 0) is 4.74 Å². The fourth-order valence-corrected chi connectivity index (χ4v) is 4.97. The number of carbonyl (C=O) groups is 1. The molecular weight excluding hydrogens is 376 g/mol. The van der Waals surface area contributed by atoms with Crippen molar-refractivity contribution in [1.29, 1.82) is 0 Å². The summed E-state index contributed by atoms with van der Waals surface area (Å²) in [6, 6.07) is 10.7. The summed E-state index contributed by atoms with van der Waals surface area (Å²) in [6.45, 7) is 4.81. The molecule has 2 aliphatic rings. The van der Waals surface area contributed by atoms with Gasteiger partial charge in [0.15, 0.2) is 5.43 Å². The SMILES string of the molecule is O=C1c2oc3ccccc3c(=O)c2[C@@H](c2cccs2)N1CC[NH+]1CCOCC1. The molecule has 2 aromatic heterocycles. The number of quaternary nitrogens is 1. The molecule has 1 fully saturated rings. The van der Waals surface area contributed by atoms with E-state index in [-0.39, 0.29) is 23.1 Å². The summed E-state index contributed by atoms with van der Waals surface area (Å²) in [5.74, 6) is 0.00277. The van der Waals surface area contributed by atoms with Gasteiger partial charge in [-0.15, -0.1) is 11.3 Å². The topological polar surface area (TPSA) is 64.2 Å². The fourth-order valence-electron chi connectivity index (χ4n) is 4.13. The van der Waals surface area contributed by atoms with Crippen molar-refractivity contribution in [3.8, 4) is 0 Å². The van der Waals surface area contributed by atoms with Crippen LogP contribution < -0.4 is 10.3 Å². The predicted octanol–water partition coefficient (Wildman–Crippen LogP) is 1.31. The molecule has 144 valence electrons. The first-order valence-corrected chi connectivity index (χ1v) is 10.4. The molecule has 3 aromatic rings. The second kappa shape index (κ2) is 7.16. The van der Waals surface area contributed by atoms with Crippen LogP contribution in [0.3, 0.4) is 0 Å². The maximum Gasteiger partial charge on any atom is 0.291 e. The molecule has 1 N–H and O–H groups in total. The standard InChI is InChI=1S/C21H20N2O4S/c24-19-14-4-1-2-5-15(14)27-20-17(19)18(16-6-3-13-28-16)23(21(20)25)8-7-22-9-11-26-12-10-22/h1-6,13,18H,7-12H2/p+1/t18-/m1/s1. The number of benzene rings is 1. The van der Waals surface area contributed by atoms with Gasteiger partial charge in [0.25, 0.3) is 5.91 Å². The summed E-state index contributed by atoms with van der Waals surface area (Å²) >= 11 is 1.56. The van der Waals surface area contributed by atoms with Gasteiger partial charge in [0.1, 0.15) is 18.7 Å². The van der Waals surface area contributed by atoms with Gasteiger partial charge in [-0.2, -0.15) is 0 Å². The Hall–Kier alpha value is -2.48. The first kappa shape index (κ1) is 17.6. The van der Waals surface area contributed by atoms with Crippen molar-refractivity contribution in [2.75, 3.05) is 39.4 Å². The van der Waals surface area contributed by atoms with Crippen molar-refractivity contribution in [2.45, 2.75) is 6.04 Å². The highest BCUT2D eigenvalue weighted by Gasteiger charge is 2.43. The average Bonchev–Trinajstić information content (AvgIpc) is 3.35. The number of carbonyl (C=O) groups excluding carboxylic acids is 1. The first-order valence-electron chi connectivity index (χ1n) is 9.55. The monoisotopic (exact) mass is 397 g/mol. The third-order valence-corrected chi connectivity index (χ3v) is 6.52. The zero-order valence-electron chi connectivity index (χ0n) is 15.3. The number of hydrogen-bond acceptors (Lipinski definition) is 5. The molecule has 5 rings (SSSR count). The number of morpholine rings is 1. The van der Waals surface area contributed by atoms with E-state index in [9.17, 15) is 9.59 Å². The number of rotatable bonds is 4. The van der Waals surface area contributed by atoms with Crippen LogP contribution in [0.2, 0.25) is 0 Å². The Morgan fingerprint density at radius 2 is 1.93 bits per heavy atom. The van der Waals surface area contributed by atoms with Crippen molar-refractivity contribution in [3.05, 3.63) is 68.2 Å². The van der Waals surface area contributed by atoms with Crippen LogP contribution in [0.5, 0.6) is 0 Å². The number of amides is 1. The van der Waals surface area contributed by atoms with E-state index in [1.165, 1.54) is 4.90 Å². The fraction of sp³-hybridized carbons (Fsp3) is 0.333. The Morgan fingerprint density at radius 1 is 1.11 bits per heavy atom. The maximum atomic E-state index is 13.3. The van der Waals surface area contributed by atoms with E-state index >= 15 is 0 Å². The Bertz CT molecular complexity index is 1070. The minimum absolute atomic E-state index is 0.107. The number of nitrogens with zero attached hydrogens (tertiary/aromatic N) is 1. The molecule has 7 heteroatoms. The molecule has 2 aliphatic heterocycles. The third-order valence-electron chi connectivity index (χ3n) is 5.59. The lowest BCUT2D eigenvalue weighted by Gasteiger charge is -2.28. The zero-order chi connectivity index (χ0) is 19.1. The lowest BCUT2D eigenvalue weighted by atomic mass is 10.0. The highest BCUT2D eigenvalue weighted by molar-refractivity contribution is 7.10. The van der Waals surface area contributed by atoms with Crippen LogP contribution in [0.15, 0.2) is 51.0 Å². The lowest BCUT2D eigenvalue weighted by Crippen LogP contribution is -3.14. The number of fused-ring (bicyclic) bond motifs is 2. The molecule has 1 atom stereocenters. The van der Waals surface area contributed by atoms with Crippen LogP contribution in [-0.4, -0.2) is 50.2 Å². The highest BCUT2D eigenvalue weighted by atomic mass is 32.1. The molecule has 0 unspecified atom stereocenters. The molecule has 1 saturated heterocycles. The minimum Gasteiger partial charge on any atom is -0.450 e. The maximum absolute atomic E-state index is 13.3. The smallest absolute Gasteiger partial charge is 0.291 e. The van der Waals surface area contributed by atoms with E-state index in [0.29, 0.717) is 23.1 Å². The van der Waals surface area contributed by atoms with Gasteiger partial charge >= 0.3 is 0 Å². The summed E-state index contributed by atoms with van der Waals surface area (Å²) in [5.41, 5.74) is 0.832. The number of thiophene rings is 1. The van der Waals surface area contributed by atoms with Crippen molar-refractivity contribution < 1.29 is 18.8 Å². The Labute approximate surface area is 165 Å². The van der Waals surface area contributed by atoms with Gasteiger partial charge in [-0.05, 0) is 23.6 Å². The molecule has 0 radical (unpaired) electrons. The van der Waals surface area contributed by atoms with Crippen molar-refractivity contribution in [3.63, 3.8) is 0 Å². The second-order valence-electron chi connectivity index (χ2n) is 7.20. The van der Waals surface area contributed by atoms with Crippen LogP contribution in [0.25, 0.3) is 11.0 Å². The van der Waals surface area contributed by atoms with E-state index in [4.69, 9.17) is 9.15 Å². The quantitative estimate of drug-likeness (QED) is 0.721. The first-order chi connectivity index (χ1) is 13.7. The second-order valence-corrected chi connectivity index (χ2v) is 8.18. The summed E-state index contributed by atoms with van der Waals surface area (Å²) in [6.07, 6.45) is 0. The van der Waals surface area contributed by atoms with Crippen LogP contribution >= 0.6 is 11.3 Å². The van der Waals surface area contributed by atoms with E-state index in [2.05, 4.69) is 0 Å². The van der Waals surface area contributed by atoms with Crippen molar-refractivity contribution in [1.82, 2.24) is 4.90 Å². The van der Waals surface area contributed by atoms with E-state index < -0.39 is 0 Å². The molecule has 6 nitrogen and oxygen atoms in total. The molecule has 0 saturated carbocycles. The van der Waals surface area contributed by atoms with Crippen molar-refractivity contribution in [2.24, 2.45) is 0 Å². The number of para-hydroxylation sites is 1. The molecule has 0 spiro atoms. The minimum atomic E-state index is -0.371. The normalized spacial score (nSPS) is 20.1. The molecule has 0 bridgehead atoms. The summed E-state index contributed by atoms with van der Waals surface area (Å²) in [4.78, 5) is 30.7. The van der Waals surface area contributed by atoms with E-state index in [1.54, 1.807) is 23.5 Å². The van der Waals surface area contributed by atoms with Gasteiger partial charge in [-0.1, -0.05) is 18.2 Å². The molecule has 1 amide bonds. The van der Waals surface area contributed by atoms with E-state index in [0.717, 1.165) is 37.7 Å². The average molecular weight is 397 g/mol. The molecule has 1 aromatic carbocycles. The van der Waals surface area contributed by atoms with Gasteiger partial charge in [0.05, 0.1) is 43.3 Å². The number of nitrogens with one attached hydrogen (secondary N) is 1. The lowest BCUT2D eigenvalue weighted by molar-refractivity contribution is -0.907. The molecule has 0 aliphatic carbocycles. The van der Waals surface area contributed by atoms with Gasteiger partial charge in [0.2, 0.25) is 5.76 Å². The van der Waals surface area contributed by atoms with Crippen LogP contribution in [0.4, 0.5) is 0 Å². The highest BCUT2D eigenvalue weighted by Crippen LogP contribution is 2.39. The molecule has 4 heterocycles. The summed E-state index contributed by atoms with van der Waals surface area (Å²) in [7, 11) is 0. The van der Waals surface area contributed by atoms with Crippen LogP contribution in [0.1, 0.15) is 27.0 Å². The Morgan fingerprint density at radius 3 is 2.71 bits per heavy atom. The molecular formula is C21H21N2O4S+. The van der Waals surface area contributed by atoms with E-state index in [1.807, 2.05) is 34.5 Å². The van der Waals surface area contributed by atoms with Gasteiger partial charge < -0.3 is 19.0 Å². The zero-order valence-corrected chi connectivity index (χ0v) is 16.2. The van der Waals surface area contributed by atoms with Crippen LogP contribution in [0, 0.1) is 0 Å².